The minimum absolute atomic E-state index is 0.485. The maximum absolute atomic E-state index is 4.69. The summed E-state index contributed by atoms with van der Waals surface area (Å²) in [6.07, 6.45) is 8.81. The lowest BCUT2D eigenvalue weighted by atomic mass is 9.98. The predicted octanol–water partition coefficient (Wildman–Crippen LogP) is 2.96. The second-order valence-electron chi connectivity index (χ2n) is 6.92. The summed E-state index contributed by atoms with van der Waals surface area (Å²) in [5.41, 5.74) is 5.31. The lowest BCUT2D eigenvalue weighted by Crippen LogP contribution is -2.37. The Morgan fingerprint density at radius 3 is 2.91 bits per heavy atom. The maximum Gasteiger partial charge on any atom is 0.125 e. The summed E-state index contributed by atoms with van der Waals surface area (Å²) < 4.78 is 2.14. The summed E-state index contributed by atoms with van der Waals surface area (Å²) in [6.45, 7) is 8.39. The molecule has 2 aromatic rings. The van der Waals surface area contributed by atoms with Crippen LogP contribution in [0.3, 0.4) is 0 Å². The van der Waals surface area contributed by atoms with Gasteiger partial charge in [0, 0.05) is 54.6 Å². The van der Waals surface area contributed by atoms with Crippen LogP contribution in [0.2, 0.25) is 0 Å². The Balaban J connectivity index is 1.60. The smallest absolute Gasteiger partial charge is 0.125 e. The van der Waals surface area contributed by atoms with Crippen molar-refractivity contribution >= 4 is 0 Å². The molecule has 122 valence electrons. The van der Waals surface area contributed by atoms with Gasteiger partial charge in [0.2, 0.25) is 0 Å². The third kappa shape index (κ3) is 2.47. The minimum atomic E-state index is 0.485. The molecule has 0 saturated carbocycles. The first kappa shape index (κ1) is 14.8. The zero-order chi connectivity index (χ0) is 16.0. The second-order valence-corrected chi connectivity index (χ2v) is 6.92. The molecule has 0 N–H and O–H groups in total. The van der Waals surface area contributed by atoms with Gasteiger partial charge in [0.05, 0.1) is 11.9 Å². The largest absolute Gasteiger partial charge is 0.288 e. The van der Waals surface area contributed by atoms with Crippen LogP contribution in [0.1, 0.15) is 60.6 Å². The van der Waals surface area contributed by atoms with Crippen molar-refractivity contribution in [1.29, 1.82) is 0 Å². The number of aromatic nitrogens is 4. The molecular formula is C18H25N5. The van der Waals surface area contributed by atoms with Crippen molar-refractivity contribution in [3.05, 3.63) is 40.7 Å². The van der Waals surface area contributed by atoms with Gasteiger partial charge in [0.1, 0.15) is 5.82 Å². The van der Waals surface area contributed by atoms with Crippen LogP contribution in [0.25, 0.3) is 0 Å². The van der Waals surface area contributed by atoms with Crippen molar-refractivity contribution in [2.45, 2.75) is 71.6 Å². The van der Waals surface area contributed by atoms with Crippen LogP contribution in [0.15, 0.2) is 12.4 Å². The van der Waals surface area contributed by atoms with Crippen LogP contribution in [0, 0.1) is 13.8 Å². The Kier molecular flexibility index (Phi) is 3.68. The van der Waals surface area contributed by atoms with Gasteiger partial charge in [0.15, 0.2) is 0 Å². The molecule has 4 heterocycles. The molecule has 2 bridgehead atoms. The summed E-state index contributed by atoms with van der Waals surface area (Å²) in [4.78, 5) is 11.8. The highest BCUT2D eigenvalue weighted by molar-refractivity contribution is 5.29. The average Bonchev–Trinajstić information content (AvgIpc) is 3.01. The molecule has 23 heavy (non-hydrogen) atoms. The third-order valence-electron chi connectivity index (χ3n) is 5.44. The van der Waals surface area contributed by atoms with Crippen LogP contribution < -0.4 is 0 Å². The fraction of sp³-hybridized carbons (Fsp3) is 0.611. The molecular weight excluding hydrogens is 286 g/mol. The van der Waals surface area contributed by atoms with E-state index in [-0.39, 0.29) is 0 Å². The number of aryl methyl sites for hydroxylation is 2. The molecule has 5 heteroatoms. The van der Waals surface area contributed by atoms with Crippen LogP contribution >= 0.6 is 0 Å². The molecule has 2 aliphatic rings. The summed E-state index contributed by atoms with van der Waals surface area (Å²) in [5.74, 6) is 0.897. The van der Waals surface area contributed by atoms with Gasteiger partial charge in [-0.2, -0.15) is 5.10 Å². The molecule has 0 radical (unpaired) electrons. The molecule has 1 saturated heterocycles. The van der Waals surface area contributed by atoms with E-state index in [1.165, 1.54) is 35.4 Å². The van der Waals surface area contributed by atoms with E-state index in [0.29, 0.717) is 12.1 Å². The van der Waals surface area contributed by atoms with Crippen molar-refractivity contribution in [2.75, 3.05) is 0 Å². The molecule has 2 aromatic heterocycles. The van der Waals surface area contributed by atoms with Crippen molar-refractivity contribution in [3.63, 3.8) is 0 Å². The highest BCUT2D eigenvalue weighted by Crippen LogP contribution is 2.43. The Hall–Kier alpha value is -1.75. The second kappa shape index (κ2) is 5.71. The average molecular weight is 311 g/mol. The molecule has 1 fully saturated rings. The molecule has 0 amide bonds. The van der Waals surface area contributed by atoms with E-state index in [0.717, 1.165) is 31.8 Å². The third-order valence-corrected chi connectivity index (χ3v) is 5.44. The fourth-order valence-corrected chi connectivity index (χ4v) is 4.19. The normalized spacial score (nSPS) is 23.3. The first-order chi connectivity index (χ1) is 11.2. The van der Waals surface area contributed by atoms with Crippen molar-refractivity contribution in [3.8, 4) is 0 Å². The monoisotopic (exact) mass is 311 g/mol. The molecule has 2 atom stereocenters. The molecule has 0 aliphatic carbocycles. The standard InChI is InChI=1S/C18H25N5/c1-4-7-23-12(2)14(9-20-23)11-22-15-5-6-18(22)16-10-19-13(3)21-17(16)8-15/h9-10,15,18H,4-8,11H2,1-3H3/t15-,18+/m0/s1. The van der Waals surface area contributed by atoms with Crippen molar-refractivity contribution < 1.29 is 0 Å². The van der Waals surface area contributed by atoms with Gasteiger partial charge < -0.3 is 0 Å². The van der Waals surface area contributed by atoms with Crippen molar-refractivity contribution in [1.82, 2.24) is 24.6 Å². The van der Waals surface area contributed by atoms with Crippen LogP contribution in [0.5, 0.6) is 0 Å². The van der Waals surface area contributed by atoms with Gasteiger partial charge in [-0.1, -0.05) is 6.92 Å². The van der Waals surface area contributed by atoms with E-state index in [2.05, 4.69) is 50.9 Å². The van der Waals surface area contributed by atoms with Crippen molar-refractivity contribution in [2.24, 2.45) is 0 Å². The minimum Gasteiger partial charge on any atom is -0.288 e. The zero-order valence-corrected chi connectivity index (χ0v) is 14.3. The highest BCUT2D eigenvalue weighted by atomic mass is 15.3. The molecule has 4 rings (SSSR count). The first-order valence-corrected chi connectivity index (χ1v) is 8.76. The molecule has 0 spiro atoms. The van der Waals surface area contributed by atoms with Gasteiger partial charge >= 0.3 is 0 Å². The topological polar surface area (TPSA) is 46.8 Å². The van der Waals surface area contributed by atoms with Gasteiger partial charge in [-0.3, -0.25) is 9.58 Å². The number of hydrogen-bond acceptors (Lipinski definition) is 4. The number of nitrogens with zero attached hydrogens (tertiary/aromatic N) is 5. The fourth-order valence-electron chi connectivity index (χ4n) is 4.19. The van der Waals surface area contributed by atoms with Crippen LogP contribution in [-0.4, -0.2) is 30.7 Å². The number of fused-ring (bicyclic) bond motifs is 4. The van der Waals surface area contributed by atoms with Gasteiger partial charge in [-0.15, -0.1) is 0 Å². The lowest BCUT2D eigenvalue weighted by molar-refractivity contribution is 0.165. The van der Waals surface area contributed by atoms with E-state index in [9.17, 15) is 0 Å². The van der Waals surface area contributed by atoms with E-state index >= 15 is 0 Å². The summed E-state index contributed by atoms with van der Waals surface area (Å²) in [7, 11) is 0. The van der Waals surface area contributed by atoms with Gasteiger partial charge in [0.25, 0.3) is 0 Å². The number of hydrogen-bond donors (Lipinski definition) is 0. The summed E-state index contributed by atoms with van der Waals surface area (Å²) >= 11 is 0. The van der Waals surface area contributed by atoms with E-state index in [1.807, 2.05) is 6.92 Å². The molecule has 0 unspecified atom stereocenters. The number of rotatable bonds is 4. The Morgan fingerprint density at radius 1 is 1.22 bits per heavy atom. The highest BCUT2D eigenvalue weighted by Gasteiger charge is 2.40. The quantitative estimate of drug-likeness (QED) is 0.871. The Morgan fingerprint density at radius 2 is 2.09 bits per heavy atom. The Labute approximate surface area is 137 Å². The van der Waals surface area contributed by atoms with Gasteiger partial charge in [-0.25, -0.2) is 9.97 Å². The van der Waals surface area contributed by atoms with Gasteiger partial charge in [-0.05, 0) is 33.1 Å². The van der Waals surface area contributed by atoms with Crippen LogP contribution in [0.4, 0.5) is 0 Å². The Bertz CT molecular complexity index is 720. The summed E-state index contributed by atoms with van der Waals surface area (Å²) in [6, 6.07) is 1.11. The first-order valence-electron chi connectivity index (χ1n) is 8.76. The maximum atomic E-state index is 4.69. The lowest BCUT2D eigenvalue weighted by Gasteiger charge is -2.35. The summed E-state index contributed by atoms with van der Waals surface area (Å²) in [5, 5.41) is 4.56. The molecule has 5 nitrogen and oxygen atoms in total. The zero-order valence-electron chi connectivity index (χ0n) is 14.3. The van der Waals surface area contributed by atoms with Crippen LogP contribution in [-0.2, 0) is 19.5 Å². The van der Waals surface area contributed by atoms with E-state index < -0.39 is 0 Å². The molecule has 0 aromatic carbocycles. The SMILES string of the molecule is CCCn1ncc(CN2[C@H]3CC[C@@H]2c2cnc(C)nc2C3)c1C. The predicted molar refractivity (Wildman–Crippen MR) is 89.0 cm³/mol. The van der Waals surface area contributed by atoms with E-state index in [4.69, 9.17) is 0 Å². The molecule has 2 aliphatic heterocycles. The van der Waals surface area contributed by atoms with E-state index in [1.54, 1.807) is 0 Å².